The van der Waals surface area contributed by atoms with Crippen LogP contribution in [0, 0.1) is 6.92 Å². The van der Waals surface area contributed by atoms with Crippen molar-refractivity contribution in [1.82, 2.24) is 9.72 Å². The van der Waals surface area contributed by atoms with Crippen molar-refractivity contribution in [1.29, 1.82) is 0 Å². The summed E-state index contributed by atoms with van der Waals surface area (Å²) in [6, 6.07) is 10.7. The smallest absolute Gasteiger partial charge is 0.258 e. The number of fused-ring (bicyclic) bond motifs is 1. The van der Waals surface area contributed by atoms with E-state index in [4.69, 9.17) is 4.52 Å². The monoisotopic (exact) mass is 283 g/mol. The predicted molar refractivity (Wildman–Crippen MR) is 78.1 cm³/mol. The number of nitrogens with one attached hydrogen (secondary N) is 1. The molecule has 3 rings (SSSR count). The molecule has 1 amide bonds. The summed E-state index contributed by atoms with van der Waals surface area (Å²) in [4.78, 5) is 24.2. The molecule has 2 heterocycles. The molecule has 0 aliphatic heterocycles. The van der Waals surface area contributed by atoms with Crippen molar-refractivity contribution in [2.24, 2.45) is 0 Å². The molecule has 0 saturated carbocycles. The van der Waals surface area contributed by atoms with Crippen molar-refractivity contribution in [2.45, 2.75) is 13.5 Å². The van der Waals surface area contributed by atoms with Crippen LogP contribution in [0.2, 0.25) is 0 Å². The first-order valence-corrected chi connectivity index (χ1v) is 6.45. The van der Waals surface area contributed by atoms with E-state index in [9.17, 15) is 9.59 Å². The number of carbonyl (C=O) groups excluding carboxylic acids is 1. The summed E-state index contributed by atoms with van der Waals surface area (Å²) in [6.45, 7) is 1.66. The molecule has 21 heavy (non-hydrogen) atoms. The normalized spacial score (nSPS) is 10.7. The molecule has 3 aromatic rings. The van der Waals surface area contributed by atoms with Gasteiger partial charge in [0.25, 0.3) is 5.56 Å². The fourth-order valence-electron chi connectivity index (χ4n) is 2.12. The van der Waals surface area contributed by atoms with Gasteiger partial charge in [-0.3, -0.25) is 9.59 Å². The number of anilines is 1. The molecule has 1 aromatic carbocycles. The molecule has 0 unspecified atom stereocenters. The number of benzene rings is 1. The van der Waals surface area contributed by atoms with Gasteiger partial charge >= 0.3 is 0 Å². The van der Waals surface area contributed by atoms with E-state index in [-0.39, 0.29) is 18.0 Å². The molecule has 6 nitrogen and oxygen atoms in total. The molecule has 0 bridgehead atoms. The Balaban J connectivity index is 1.83. The Morgan fingerprint density at radius 1 is 1.33 bits per heavy atom. The standard InChI is InChI=1S/C15H13N3O3/c1-10-8-13(17-21-10)16-14(19)9-18-7-6-11-4-2-3-5-12(11)15(18)20/h2-8H,9H2,1H3,(H,16,17,19). The first-order valence-electron chi connectivity index (χ1n) is 6.45. The summed E-state index contributed by atoms with van der Waals surface area (Å²) in [6.07, 6.45) is 1.61. The molecular weight excluding hydrogens is 270 g/mol. The maximum absolute atomic E-state index is 12.3. The zero-order chi connectivity index (χ0) is 14.8. The minimum atomic E-state index is -0.333. The number of aryl methyl sites for hydroxylation is 1. The Hall–Kier alpha value is -2.89. The third-order valence-corrected chi connectivity index (χ3v) is 3.10. The summed E-state index contributed by atoms with van der Waals surface area (Å²) < 4.78 is 6.23. The van der Waals surface area contributed by atoms with Gasteiger partial charge in [-0.2, -0.15) is 0 Å². The number of hydrogen-bond donors (Lipinski definition) is 1. The quantitative estimate of drug-likeness (QED) is 0.796. The van der Waals surface area contributed by atoms with Crippen molar-refractivity contribution >= 4 is 22.5 Å². The summed E-state index contributed by atoms with van der Waals surface area (Å²) in [7, 11) is 0. The number of nitrogens with zero attached hydrogens (tertiary/aromatic N) is 2. The minimum absolute atomic E-state index is 0.0738. The molecule has 0 aliphatic carbocycles. The predicted octanol–water partition coefficient (Wildman–Crippen LogP) is 1.94. The number of rotatable bonds is 3. The van der Waals surface area contributed by atoms with Gasteiger partial charge in [0.05, 0.1) is 0 Å². The molecular formula is C15H13N3O3. The highest BCUT2D eigenvalue weighted by molar-refractivity contribution is 5.90. The Morgan fingerprint density at radius 2 is 2.14 bits per heavy atom. The van der Waals surface area contributed by atoms with Crippen molar-refractivity contribution in [2.75, 3.05) is 5.32 Å². The van der Waals surface area contributed by atoms with E-state index < -0.39 is 0 Å². The second kappa shape index (κ2) is 5.24. The van der Waals surface area contributed by atoms with Crippen molar-refractivity contribution in [3.8, 4) is 0 Å². The van der Waals surface area contributed by atoms with Crippen LogP contribution in [0.3, 0.4) is 0 Å². The summed E-state index contributed by atoms with van der Waals surface area (Å²) >= 11 is 0. The van der Waals surface area contributed by atoms with Crippen LogP contribution in [0.4, 0.5) is 5.82 Å². The van der Waals surface area contributed by atoms with Crippen LogP contribution in [-0.2, 0) is 11.3 Å². The molecule has 0 atom stereocenters. The van der Waals surface area contributed by atoms with E-state index in [1.165, 1.54) is 4.57 Å². The lowest BCUT2D eigenvalue weighted by molar-refractivity contribution is -0.116. The third kappa shape index (κ3) is 2.69. The highest BCUT2D eigenvalue weighted by atomic mass is 16.5. The van der Waals surface area contributed by atoms with Crippen LogP contribution in [0.25, 0.3) is 10.8 Å². The average molecular weight is 283 g/mol. The molecule has 1 N–H and O–H groups in total. The molecule has 2 aromatic heterocycles. The van der Waals surface area contributed by atoms with Gasteiger partial charge in [-0.1, -0.05) is 23.4 Å². The van der Waals surface area contributed by atoms with Crippen LogP contribution in [0.15, 0.2) is 51.9 Å². The lowest BCUT2D eigenvalue weighted by atomic mass is 10.2. The first-order chi connectivity index (χ1) is 10.1. The van der Waals surface area contributed by atoms with Gasteiger partial charge in [-0.25, -0.2) is 0 Å². The second-order valence-corrected chi connectivity index (χ2v) is 4.71. The van der Waals surface area contributed by atoms with Gasteiger partial charge in [-0.05, 0) is 24.4 Å². The molecule has 0 spiro atoms. The fraction of sp³-hybridized carbons (Fsp3) is 0.133. The van der Waals surface area contributed by atoms with Crippen molar-refractivity contribution < 1.29 is 9.32 Å². The summed E-state index contributed by atoms with van der Waals surface area (Å²) in [5.74, 6) is 0.611. The Morgan fingerprint density at radius 3 is 2.90 bits per heavy atom. The highest BCUT2D eigenvalue weighted by Crippen LogP contribution is 2.09. The van der Waals surface area contributed by atoms with E-state index in [2.05, 4.69) is 10.5 Å². The van der Waals surface area contributed by atoms with Gasteiger partial charge in [0.1, 0.15) is 12.3 Å². The lowest BCUT2D eigenvalue weighted by Gasteiger charge is -2.06. The van der Waals surface area contributed by atoms with Crippen LogP contribution < -0.4 is 10.9 Å². The number of carbonyl (C=O) groups is 1. The Kier molecular flexibility index (Phi) is 3.27. The fourth-order valence-corrected chi connectivity index (χ4v) is 2.12. The van der Waals surface area contributed by atoms with E-state index in [1.807, 2.05) is 18.2 Å². The second-order valence-electron chi connectivity index (χ2n) is 4.71. The maximum Gasteiger partial charge on any atom is 0.258 e. The first kappa shape index (κ1) is 13.1. The van der Waals surface area contributed by atoms with Crippen molar-refractivity contribution in [3.63, 3.8) is 0 Å². The minimum Gasteiger partial charge on any atom is -0.360 e. The van der Waals surface area contributed by atoms with E-state index in [0.29, 0.717) is 17.0 Å². The van der Waals surface area contributed by atoms with Gasteiger partial charge in [-0.15, -0.1) is 0 Å². The summed E-state index contributed by atoms with van der Waals surface area (Å²) in [5.41, 5.74) is -0.195. The average Bonchev–Trinajstić information content (AvgIpc) is 2.87. The molecule has 106 valence electrons. The SMILES string of the molecule is Cc1cc(NC(=O)Cn2ccc3ccccc3c2=O)no1. The third-order valence-electron chi connectivity index (χ3n) is 3.10. The van der Waals surface area contributed by atoms with Gasteiger partial charge in [0, 0.05) is 17.6 Å². The van der Waals surface area contributed by atoms with Gasteiger partial charge < -0.3 is 14.4 Å². The maximum atomic E-state index is 12.3. The largest absolute Gasteiger partial charge is 0.360 e. The number of amides is 1. The zero-order valence-corrected chi connectivity index (χ0v) is 11.4. The number of hydrogen-bond acceptors (Lipinski definition) is 4. The Labute approximate surface area is 120 Å². The van der Waals surface area contributed by atoms with Gasteiger partial charge in [0.15, 0.2) is 5.82 Å². The van der Waals surface area contributed by atoms with E-state index >= 15 is 0 Å². The van der Waals surface area contributed by atoms with E-state index in [1.54, 1.807) is 31.3 Å². The van der Waals surface area contributed by atoms with Crippen LogP contribution in [0.5, 0.6) is 0 Å². The van der Waals surface area contributed by atoms with Crippen molar-refractivity contribution in [3.05, 3.63) is 58.7 Å². The molecule has 0 radical (unpaired) electrons. The number of pyridine rings is 1. The molecule has 6 heteroatoms. The lowest BCUT2D eigenvalue weighted by Crippen LogP contribution is -2.27. The zero-order valence-electron chi connectivity index (χ0n) is 11.4. The van der Waals surface area contributed by atoms with Crippen LogP contribution in [0.1, 0.15) is 5.76 Å². The van der Waals surface area contributed by atoms with Crippen LogP contribution in [-0.4, -0.2) is 15.6 Å². The number of aromatic nitrogens is 2. The Bertz CT molecular complexity index is 864. The molecule has 0 aliphatic rings. The molecule has 0 fully saturated rings. The van der Waals surface area contributed by atoms with Crippen LogP contribution >= 0.6 is 0 Å². The van der Waals surface area contributed by atoms with E-state index in [0.717, 1.165) is 5.39 Å². The molecule has 0 saturated heterocycles. The van der Waals surface area contributed by atoms with Gasteiger partial charge in [0.2, 0.25) is 5.91 Å². The highest BCUT2D eigenvalue weighted by Gasteiger charge is 2.09. The topological polar surface area (TPSA) is 77.1 Å². The summed E-state index contributed by atoms with van der Waals surface area (Å²) in [5, 5.41) is 7.70.